The first-order valence-electron chi connectivity index (χ1n) is 12.0. The van der Waals surface area contributed by atoms with Crippen molar-refractivity contribution in [1.82, 2.24) is 14.5 Å². The van der Waals surface area contributed by atoms with Gasteiger partial charge in [-0.05, 0) is 50.5 Å². The maximum Gasteiger partial charge on any atom is 0.331 e. The average Bonchev–Trinajstić information content (AvgIpc) is 2.86. The number of hydrogen-bond acceptors (Lipinski definition) is 5. The van der Waals surface area contributed by atoms with Crippen molar-refractivity contribution in [2.75, 3.05) is 18.5 Å². The number of carbonyl (C=O) groups is 2. The number of rotatable bonds is 12. The molecule has 1 aromatic heterocycles. The lowest BCUT2D eigenvalue weighted by atomic mass is 10.2. The summed E-state index contributed by atoms with van der Waals surface area (Å²) in [5.41, 5.74) is -0.0610. The number of amides is 2. The fraction of sp³-hybridized carbons (Fsp3) is 0.385. The lowest BCUT2D eigenvalue weighted by molar-refractivity contribution is -0.121. The van der Waals surface area contributed by atoms with Gasteiger partial charge < -0.3 is 15.4 Å². The quantitative estimate of drug-likeness (QED) is 0.387. The molecule has 186 valence electrons. The predicted octanol–water partition coefficient (Wildman–Crippen LogP) is 2.90. The zero-order valence-corrected chi connectivity index (χ0v) is 20.2. The van der Waals surface area contributed by atoms with Crippen LogP contribution in [0.3, 0.4) is 0 Å². The van der Waals surface area contributed by atoms with Crippen LogP contribution in [0.5, 0.6) is 5.75 Å². The minimum Gasteiger partial charge on any atom is -0.492 e. The molecule has 1 heterocycles. The monoisotopic (exact) mass is 480 g/mol. The highest BCUT2D eigenvalue weighted by molar-refractivity contribution is 5.93. The van der Waals surface area contributed by atoms with Gasteiger partial charge in [-0.25, -0.2) is 4.79 Å². The Morgan fingerprint density at radius 3 is 2.43 bits per heavy atom. The summed E-state index contributed by atoms with van der Waals surface area (Å²) in [7, 11) is 0. The summed E-state index contributed by atoms with van der Waals surface area (Å²) in [6.07, 6.45) is 2.23. The van der Waals surface area contributed by atoms with Crippen LogP contribution in [0, 0.1) is 0 Å². The molecule has 2 aromatic carbocycles. The van der Waals surface area contributed by atoms with E-state index in [0.717, 1.165) is 11.0 Å². The van der Waals surface area contributed by atoms with Crippen LogP contribution in [-0.4, -0.2) is 34.1 Å². The molecular weight excluding hydrogens is 448 g/mol. The van der Waals surface area contributed by atoms with E-state index in [2.05, 4.69) is 10.6 Å². The molecule has 3 rings (SSSR count). The summed E-state index contributed by atoms with van der Waals surface area (Å²) in [5, 5.41) is 5.97. The zero-order valence-electron chi connectivity index (χ0n) is 20.2. The van der Waals surface area contributed by atoms with Gasteiger partial charge in [0.2, 0.25) is 11.8 Å². The zero-order chi connectivity index (χ0) is 25.2. The molecule has 9 heteroatoms. The molecule has 0 aliphatic rings. The number of hydrogen-bond donors (Lipinski definition) is 2. The number of nitrogens with zero attached hydrogens (tertiary/aromatic N) is 2. The molecule has 0 aliphatic heterocycles. The first-order valence-corrected chi connectivity index (χ1v) is 12.0. The van der Waals surface area contributed by atoms with Crippen LogP contribution in [0.2, 0.25) is 0 Å². The number of aromatic nitrogens is 2. The Labute approximate surface area is 203 Å². The fourth-order valence-corrected chi connectivity index (χ4v) is 3.81. The highest BCUT2D eigenvalue weighted by Crippen LogP contribution is 2.23. The van der Waals surface area contributed by atoms with Crippen LogP contribution >= 0.6 is 0 Å². The molecule has 9 nitrogen and oxygen atoms in total. The molecular formula is C26H32N4O5. The highest BCUT2D eigenvalue weighted by Gasteiger charge is 2.16. The van der Waals surface area contributed by atoms with Crippen LogP contribution in [0.4, 0.5) is 5.69 Å². The van der Waals surface area contributed by atoms with E-state index in [1.807, 2.05) is 19.9 Å². The predicted molar refractivity (Wildman–Crippen MR) is 136 cm³/mol. The van der Waals surface area contributed by atoms with E-state index >= 15 is 0 Å². The number of benzene rings is 2. The van der Waals surface area contributed by atoms with Crippen molar-refractivity contribution < 1.29 is 14.3 Å². The van der Waals surface area contributed by atoms with E-state index < -0.39 is 17.2 Å². The van der Waals surface area contributed by atoms with Gasteiger partial charge in [-0.1, -0.05) is 31.2 Å². The third-order valence-corrected chi connectivity index (χ3v) is 5.50. The van der Waals surface area contributed by atoms with Crippen molar-refractivity contribution in [2.24, 2.45) is 0 Å². The second-order valence-electron chi connectivity index (χ2n) is 8.13. The van der Waals surface area contributed by atoms with Crippen molar-refractivity contribution >= 4 is 28.4 Å². The summed E-state index contributed by atoms with van der Waals surface area (Å²) in [6.45, 7) is 4.81. The van der Waals surface area contributed by atoms with Gasteiger partial charge in [0.25, 0.3) is 5.56 Å². The highest BCUT2D eigenvalue weighted by atomic mass is 16.5. The van der Waals surface area contributed by atoms with Gasteiger partial charge in [-0.2, -0.15) is 0 Å². The van der Waals surface area contributed by atoms with Crippen LogP contribution < -0.4 is 26.6 Å². The van der Waals surface area contributed by atoms with E-state index in [0.29, 0.717) is 54.8 Å². The molecule has 0 atom stereocenters. The molecule has 2 N–H and O–H groups in total. The van der Waals surface area contributed by atoms with Crippen molar-refractivity contribution in [2.45, 2.75) is 52.6 Å². The maximum absolute atomic E-state index is 13.3. The molecule has 0 saturated carbocycles. The minimum atomic E-state index is -0.558. The van der Waals surface area contributed by atoms with Crippen LogP contribution in [0.25, 0.3) is 10.9 Å². The van der Waals surface area contributed by atoms with E-state index in [9.17, 15) is 19.2 Å². The third-order valence-electron chi connectivity index (χ3n) is 5.50. The second kappa shape index (κ2) is 12.5. The Morgan fingerprint density at radius 1 is 0.914 bits per heavy atom. The first-order chi connectivity index (χ1) is 17.0. The van der Waals surface area contributed by atoms with E-state index in [1.54, 1.807) is 42.5 Å². The molecule has 0 spiro atoms. The number of carbonyl (C=O) groups excluding carboxylic acids is 2. The van der Waals surface area contributed by atoms with Gasteiger partial charge in [0.05, 0.1) is 23.2 Å². The summed E-state index contributed by atoms with van der Waals surface area (Å²) >= 11 is 0. The Bertz CT molecular complexity index is 1290. The molecule has 0 saturated heterocycles. The van der Waals surface area contributed by atoms with Gasteiger partial charge in [0.15, 0.2) is 0 Å². The fourth-order valence-electron chi connectivity index (χ4n) is 3.81. The Kier molecular flexibility index (Phi) is 9.23. The van der Waals surface area contributed by atoms with Crippen LogP contribution in [0.15, 0.2) is 58.1 Å². The van der Waals surface area contributed by atoms with Crippen LogP contribution in [-0.2, 0) is 22.7 Å². The lowest BCUT2D eigenvalue weighted by Crippen LogP contribution is -2.41. The summed E-state index contributed by atoms with van der Waals surface area (Å²) in [4.78, 5) is 51.0. The van der Waals surface area contributed by atoms with Crippen molar-refractivity contribution in [3.05, 3.63) is 69.4 Å². The molecule has 0 bridgehead atoms. The van der Waals surface area contributed by atoms with Crippen LogP contribution in [0.1, 0.15) is 39.5 Å². The van der Waals surface area contributed by atoms with Gasteiger partial charge in [0.1, 0.15) is 12.3 Å². The molecule has 0 unspecified atom stereocenters. The Hall–Kier alpha value is -3.88. The summed E-state index contributed by atoms with van der Waals surface area (Å²) in [6, 6.07) is 13.8. The minimum absolute atomic E-state index is 0.0425. The molecule has 35 heavy (non-hydrogen) atoms. The largest absolute Gasteiger partial charge is 0.492 e. The Balaban J connectivity index is 1.82. The van der Waals surface area contributed by atoms with Gasteiger partial charge in [-0.3, -0.25) is 23.5 Å². The number of ether oxygens (including phenoxy) is 1. The topological polar surface area (TPSA) is 111 Å². The second-order valence-corrected chi connectivity index (χ2v) is 8.13. The smallest absolute Gasteiger partial charge is 0.331 e. The first kappa shape index (κ1) is 25.7. The maximum atomic E-state index is 13.3. The standard InChI is InChI=1S/C26H32N4O5/c1-3-16-27-23(31)15-9-10-17-29-25(33)19-11-5-7-13-21(19)30(26(29)34)18-24(32)28-20-12-6-8-14-22(20)35-4-2/h5-8,11-14H,3-4,9-10,15-18H2,1-2H3,(H,27,31)(H,28,32). The van der Waals surface area contributed by atoms with Gasteiger partial charge >= 0.3 is 5.69 Å². The number of nitrogens with one attached hydrogen (secondary N) is 2. The molecule has 0 radical (unpaired) electrons. The third kappa shape index (κ3) is 6.59. The lowest BCUT2D eigenvalue weighted by Gasteiger charge is -2.15. The van der Waals surface area contributed by atoms with E-state index in [-0.39, 0.29) is 19.0 Å². The number of anilines is 1. The Morgan fingerprint density at radius 2 is 1.66 bits per heavy atom. The summed E-state index contributed by atoms with van der Waals surface area (Å²) < 4.78 is 8.01. The average molecular weight is 481 g/mol. The molecule has 0 aliphatic carbocycles. The molecule has 0 fully saturated rings. The van der Waals surface area contributed by atoms with E-state index in [4.69, 9.17) is 4.74 Å². The van der Waals surface area contributed by atoms with Gasteiger partial charge in [0, 0.05) is 19.5 Å². The SMILES string of the molecule is CCCNC(=O)CCCCn1c(=O)c2ccccc2n(CC(=O)Nc2ccccc2OCC)c1=O. The van der Waals surface area contributed by atoms with Crippen molar-refractivity contribution in [3.63, 3.8) is 0 Å². The summed E-state index contributed by atoms with van der Waals surface area (Å²) in [5.74, 6) is 0.0785. The van der Waals surface area contributed by atoms with E-state index in [1.165, 1.54) is 4.57 Å². The van der Waals surface area contributed by atoms with Crippen molar-refractivity contribution in [1.29, 1.82) is 0 Å². The molecule has 3 aromatic rings. The number of fused-ring (bicyclic) bond motifs is 1. The van der Waals surface area contributed by atoms with Gasteiger partial charge in [-0.15, -0.1) is 0 Å². The number of unbranched alkanes of at least 4 members (excludes halogenated alkanes) is 1. The molecule has 2 amide bonds. The number of para-hydroxylation sites is 3. The van der Waals surface area contributed by atoms with Crippen molar-refractivity contribution in [3.8, 4) is 5.75 Å². The normalized spacial score (nSPS) is 10.8.